The Hall–Kier alpha value is -1.67. The lowest BCUT2D eigenvalue weighted by Gasteiger charge is -2.26. The Morgan fingerprint density at radius 2 is 2.11 bits per heavy atom. The van der Waals surface area contributed by atoms with Crippen LogP contribution in [0.2, 0.25) is 0 Å². The molecule has 8 heteroatoms. The number of nitrogen functional groups attached to an aromatic ring is 1. The topological polar surface area (TPSA) is 109 Å². The first kappa shape index (κ1) is 14.4. The van der Waals surface area contributed by atoms with Gasteiger partial charge >= 0.3 is 6.01 Å². The molecule has 18 heavy (non-hydrogen) atoms. The molecule has 0 amide bonds. The van der Waals surface area contributed by atoms with Crippen molar-refractivity contribution in [3.05, 3.63) is 0 Å². The molecule has 0 aliphatic carbocycles. The van der Waals surface area contributed by atoms with Crippen molar-refractivity contribution >= 4 is 11.9 Å². The quantitative estimate of drug-likeness (QED) is 0.453. The molecule has 1 aromatic heterocycles. The highest BCUT2D eigenvalue weighted by Gasteiger charge is 2.16. The van der Waals surface area contributed by atoms with Crippen molar-refractivity contribution in [3.8, 4) is 6.01 Å². The maximum absolute atomic E-state index is 9.06. The molecule has 0 unspecified atom stereocenters. The SMILES string of the molecule is CCOc1nc(NN)nc(N(CCO)C(C)C)n1. The van der Waals surface area contributed by atoms with Crippen molar-refractivity contribution in [2.75, 3.05) is 30.1 Å². The minimum absolute atomic E-state index is 0.0131. The molecule has 1 aromatic rings. The van der Waals surface area contributed by atoms with E-state index in [0.29, 0.717) is 19.1 Å². The van der Waals surface area contributed by atoms with Crippen LogP contribution in [0.15, 0.2) is 0 Å². The lowest BCUT2D eigenvalue weighted by atomic mass is 10.3. The number of ether oxygens (including phenoxy) is 1. The van der Waals surface area contributed by atoms with Crippen molar-refractivity contribution in [3.63, 3.8) is 0 Å². The van der Waals surface area contributed by atoms with Gasteiger partial charge in [0.15, 0.2) is 0 Å². The van der Waals surface area contributed by atoms with Crippen LogP contribution in [-0.2, 0) is 0 Å². The minimum atomic E-state index is 0.0131. The third-order valence-electron chi connectivity index (χ3n) is 2.23. The highest BCUT2D eigenvalue weighted by molar-refractivity contribution is 5.38. The molecule has 0 saturated carbocycles. The monoisotopic (exact) mass is 256 g/mol. The largest absolute Gasteiger partial charge is 0.464 e. The summed E-state index contributed by atoms with van der Waals surface area (Å²) in [6.45, 7) is 6.70. The van der Waals surface area contributed by atoms with E-state index in [2.05, 4.69) is 20.4 Å². The summed E-state index contributed by atoms with van der Waals surface area (Å²) in [5, 5.41) is 9.06. The predicted octanol–water partition coefficient (Wildman–Crippen LogP) is -0.237. The molecular weight excluding hydrogens is 236 g/mol. The first-order chi connectivity index (χ1) is 8.62. The predicted molar refractivity (Wildman–Crippen MR) is 68.4 cm³/mol. The van der Waals surface area contributed by atoms with Gasteiger partial charge in [0.1, 0.15) is 0 Å². The molecule has 1 heterocycles. The van der Waals surface area contributed by atoms with E-state index in [1.807, 2.05) is 25.7 Å². The van der Waals surface area contributed by atoms with Gasteiger partial charge in [0, 0.05) is 12.6 Å². The fourth-order valence-corrected chi connectivity index (χ4v) is 1.43. The van der Waals surface area contributed by atoms with E-state index in [9.17, 15) is 0 Å². The molecule has 0 spiro atoms. The zero-order valence-electron chi connectivity index (χ0n) is 10.9. The van der Waals surface area contributed by atoms with E-state index in [4.69, 9.17) is 15.7 Å². The summed E-state index contributed by atoms with van der Waals surface area (Å²) in [7, 11) is 0. The molecular formula is C10H20N6O2. The number of rotatable bonds is 7. The van der Waals surface area contributed by atoms with Gasteiger partial charge in [0.25, 0.3) is 0 Å². The molecule has 0 saturated heterocycles. The van der Waals surface area contributed by atoms with Crippen LogP contribution < -0.4 is 20.9 Å². The van der Waals surface area contributed by atoms with Gasteiger partial charge in [-0.15, -0.1) is 0 Å². The van der Waals surface area contributed by atoms with Gasteiger partial charge in [-0.1, -0.05) is 0 Å². The zero-order valence-corrected chi connectivity index (χ0v) is 10.9. The zero-order chi connectivity index (χ0) is 13.5. The van der Waals surface area contributed by atoms with Gasteiger partial charge in [-0.2, -0.15) is 15.0 Å². The summed E-state index contributed by atoms with van der Waals surface area (Å²) in [5.41, 5.74) is 2.37. The standard InChI is InChI=1S/C10H20N6O2/c1-4-18-10-13-8(15-11)12-9(14-10)16(5-6-17)7(2)3/h7,17H,4-6,11H2,1-3H3,(H,12,13,14,15). The van der Waals surface area contributed by atoms with Crippen LogP contribution in [0, 0.1) is 0 Å². The fraction of sp³-hybridized carbons (Fsp3) is 0.700. The van der Waals surface area contributed by atoms with Gasteiger partial charge in [-0.25, -0.2) is 5.84 Å². The van der Waals surface area contributed by atoms with Crippen molar-refractivity contribution < 1.29 is 9.84 Å². The molecule has 0 atom stereocenters. The van der Waals surface area contributed by atoms with Gasteiger partial charge in [0.05, 0.1) is 13.2 Å². The van der Waals surface area contributed by atoms with E-state index in [0.717, 1.165) is 0 Å². The molecule has 0 aromatic carbocycles. The van der Waals surface area contributed by atoms with Crippen LogP contribution in [0.25, 0.3) is 0 Å². The summed E-state index contributed by atoms with van der Waals surface area (Å²) in [4.78, 5) is 14.1. The summed E-state index contributed by atoms with van der Waals surface area (Å²) in [5.74, 6) is 5.96. The summed E-state index contributed by atoms with van der Waals surface area (Å²) >= 11 is 0. The average Bonchev–Trinajstić information content (AvgIpc) is 2.35. The molecule has 0 radical (unpaired) electrons. The highest BCUT2D eigenvalue weighted by Crippen LogP contribution is 2.16. The van der Waals surface area contributed by atoms with E-state index in [-0.39, 0.29) is 24.6 Å². The Morgan fingerprint density at radius 1 is 1.39 bits per heavy atom. The highest BCUT2D eigenvalue weighted by atomic mass is 16.5. The van der Waals surface area contributed by atoms with Crippen LogP contribution in [-0.4, -0.2) is 45.9 Å². The van der Waals surface area contributed by atoms with Crippen LogP contribution in [0.1, 0.15) is 20.8 Å². The smallest absolute Gasteiger partial charge is 0.323 e. The van der Waals surface area contributed by atoms with Crippen molar-refractivity contribution in [2.24, 2.45) is 5.84 Å². The molecule has 0 aliphatic rings. The van der Waals surface area contributed by atoms with Crippen LogP contribution >= 0.6 is 0 Å². The van der Waals surface area contributed by atoms with E-state index in [1.54, 1.807) is 0 Å². The molecule has 1 rings (SSSR count). The van der Waals surface area contributed by atoms with Crippen LogP contribution in [0.5, 0.6) is 6.01 Å². The normalized spacial score (nSPS) is 10.6. The van der Waals surface area contributed by atoms with E-state index >= 15 is 0 Å². The van der Waals surface area contributed by atoms with E-state index in [1.165, 1.54) is 0 Å². The Kier molecular flexibility index (Phi) is 5.53. The second-order valence-corrected chi connectivity index (χ2v) is 3.83. The Balaban J connectivity index is 3.07. The van der Waals surface area contributed by atoms with Gasteiger partial charge in [-0.3, -0.25) is 5.43 Å². The molecule has 0 fully saturated rings. The molecule has 8 nitrogen and oxygen atoms in total. The number of nitrogens with zero attached hydrogens (tertiary/aromatic N) is 4. The Morgan fingerprint density at radius 3 is 2.61 bits per heavy atom. The number of nitrogens with two attached hydrogens (primary N) is 1. The number of nitrogens with one attached hydrogen (secondary N) is 1. The van der Waals surface area contributed by atoms with Crippen molar-refractivity contribution in [1.29, 1.82) is 0 Å². The minimum Gasteiger partial charge on any atom is -0.464 e. The van der Waals surface area contributed by atoms with Crippen LogP contribution in [0.3, 0.4) is 0 Å². The summed E-state index contributed by atoms with van der Waals surface area (Å²) < 4.78 is 5.25. The third kappa shape index (κ3) is 3.67. The fourth-order valence-electron chi connectivity index (χ4n) is 1.43. The Labute approximate surface area is 106 Å². The second-order valence-electron chi connectivity index (χ2n) is 3.83. The lowest BCUT2D eigenvalue weighted by Crippen LogP contribution is -2.35. The van der Waals surface area contributed by atoms with E-state index < -0.39 is 0 Å². The molecule has 0 aliphatic heterocycles. The maximum Gasteiger partial charge on any atom is 0.323 e. The number of hydrogen-bond donors (Lipinski definition) is 3. The molecule has 0 bridgehead atoms. The third-order valence-corrected chi connectivity index (χ3v) is 2.23. The van der Waals surface area contributed by atoms with Gasteiger partial charge in [0.2, 0.25) is 11.9 Å². The number of aromatic nitrogens is 3. The number of hydrazine groups is 1. The number of anilines is 2. The second kappa shape index (κ2) is 6.92. The van der Waals surface area contributed by atoms with Gasteiger partial charge in [-0.05, 0) is 20.8 Å². The van der Waals surface area contributed by atoms with Crippen molar-refractivity contribution in [2.45, 2.75) is 26.8 Å². The maximum atomic E-state index is 9.06. The number of aliphatic hydroxyl groups is 1. The van der Waals surface area contributed by atoms with Crippen molar-refractivity contribution in [1.82, 2.24) is 15.0 Å². The number of aliphatic hydroxyl groups excluding tert-OH is 1. The molecule has 4 N–H and O–H groups in total. The lowest BCUT2D eigenvalue weighted by molar-refractivity contribution is 0.295. The molecule has 102 valence electrons. The first-order valence-corrected chi connectivity index (χ1v) is 5.85. The first-order valence-electron chi connectivity index (χ1n) is 5.85. The Bertz CT molecular complexity index is 373. The average molecular weight is 256 g/mol. The van der Waals surface area contributed by atoms with Crippen LogP contribution in [0.4, 0.5) is 11.9 Å². The van der Waals surface area contributed by atoms with Gasteiger partial charge < -0.3 is 14.7 Å². The summed E-state index contributed by atoms with van der Waals surface area (Å²) in [6.07, 6.45) is 0. The summed E-state index contributed by atoms with van der Waals surface area (Å²) in [6, 6.07) is 0.346. The number of hydrogen-bond acceptors (Lipinski definition) is 8.